The van der Waals surface area contributed by atoms with Crippen LogP contribution in [0.4, 0.5) is 5.13 Å². The van der Waals surface area contributed by atoms with Crippen LogP contribution in [0.5, 0.6) is 0 Å². The summed E-state index contributed by atoms with van der Waals surface area (Å²) in [5.41, 5.74) is 1.09. The topological polar surface area (TPSA) is 71.3 Å². The molecule has 6 nitrogen and oxygen atoms in total. The number of amides is 1. The maximum atomic E-state index is 12.9. The van der Waals surface area contributed by atoms with Gasteiger partial charge in [0.05, 0.1) is 18.6 Å². The Balaban J connectivity index is 1.59. The van der Waals surface area contributed by atoms with Crippen LogP contribution in [0.15, 0.2) is 57.5 Å². The molecule has 0 saturated heterocycles. The minimum absolute atomic E-state index is 0.0390. The zero-order valence-electron chi connectivity index (χ0n) is 16.0. The van der Waals surface area contributed by atoms with Crippen LogP contribution >= 0.6 is 23.1 Å². The summed E-state index contributed by atoms with van der Waals surface area (Å²) in [5.74, 6) is 1.66. The second-order valence-corrected chi connectivity index (χ2v) is 8.95. The van der Waals surface area contributed by atoms with Crippen molar-refractivity contribution in [3.05, 3.63) is 60.1 Å². The summed E-state index contributed by atoms with van der Waals surface area (Å²) in [5, 5.41) is 12.4. The van der Waals surface area contributed by atoms with Gasteiger partial charge in [-0.15, -0.1) is 10.2 Å². The third-order valence-electron chi connectivity index (χ3n) is 3.88. The number of aromatic nitrogens is 2. The lowest BCUT2D eigenvalue weighted by Gasteiger charge is -2.21. The van der Waals surface area contributed by atoms with Crippen LogP contribution < -0.4 is 5.32 Å². The van der Waals surface area contributed by atoms with E-state index in [1.165, 1.54) is 23.1 Å². The van der Waals surface area contributed by atoms with E-state index in [1.54, 1.807) is 11.2 Å². The zero-order chi connectivity index (χ0) is 19.8. The molecule has 0 bridgehead atoms. The third kappa shape index (κ3) is 6.38. The Bertz CT molecular complexity index is 850. The van der Waals surface area contributed by atoms with E-state index < -0.39 is 0 Å². The summed E-state index contributed by atoms with van der Waals surface area (Å²) in [6.07, 6.45) is 1.63. The molecule has 0 saturated carbocycles. The Labute approximate surface area is 173 Å². The molecule has 0 aliphatic rings. The molecule has 3 rings (SSSR count). The highest BCUT2D eigenvalue weighted by molar-refractivity contribution is 8.01. The fourth-order valence-corrected chi connectivity index (χ4v) is 4.13. The molecule has 148 valence electrons. The van der Waals surface area contributed by atoms with Crippen LogP contribution in [0.2, 0.25) is 0 Å². The first-order chi connectivity index (χ1) is 13.6. The predicted octanol–water partition coefficient (Wildman–Crippen LogP) is 4.52. The summed E-state index contributed by atoms with van der Waals surface area (Å²) < 4.78 is 6.22. The van der Waals surface area contributed by atoms with Crippen molar-refractivity contribution in [2.24, 2.45) is 5.92 Å². The molecule has 2 heterocycles. The first-order valence-electron chi connectivity index (χ1n) is 9.14. The number of benzene rings is 1. The molecule has 0 aliphatic heterocycles. The molecule has 3 aromatic rings. The van der Waals surface area contributed by atoms with Gasteiger partial charge >= 0.3 is 0 Å². The average molecular weight is 417 g/mol. The number of hydrogen-bond acceptors (Lipinski definition) is 7. The lowest BCUT2D eigenvalue weighted by atomic mass is 10.2. The Hall–Kier alpha value is -2.32. The van der Waals surface area contributed by atoms with Gasteiger partial charge in [-0.2, -0.15) is 0 Å². The quantitative estimate of drug-likeness (QED) is 0.490. The summed E-state index contributed by atoms with van der Waals surface area (Å²) in [6.45, 7) is 6.12. The van der Waals surface area contributed by atoms with Crippen molar-refractivity contribution in [2.45, 2.75) is 31.3 Å². The number of thioether (sulfide) groups is 1. The molecule has 1 aromatic carbocycles. The minimum atomic E-state index is 0.0390. The SMILES string of the molecule is CC(C)CNc1nnc(SCC(=O)N(Cc2ccccc2)Cc2ccco2)s1. The maximum absolute atomic E-state index is 12.9. The van der Waals surface area contributed by atoms with Crippen molar-refractivity contribution >= 4 is 34.1 Å². The monoisotopic (exact) mass is 416 g/mol. The van der Waals surface area contributed by atoms with Crippen molar-refractivity contribution in [1.82, 2.24) is 15.1 Å². The molecule has 1 amide bonds. The van der Waals surface area contributed by atoms with Gasteiger partial charge in [0.25, 0.3) is 0 Å². The van der Waals surface area contributed by atoms with E-state index >= 15 is 0 Å². The lowest BCUT2D eigenvalue weighted by Crippen LogP contribution is -2.31. The van der Waals surface area contributed by atoms with Crippen LogP contribution in [0.1, 0.15) is 25.2 Å². The van der Waals surface area contributed by atoms with E-state index in [1.807, 2.05) is 42.5 Å². The van der Waals surface area contributed by atoms with Gasteiger partial charge in [-0.05, 0) is 23.6 Å². The first kappa shape index (κ1) is 20.4. The van der Waals surface area contributed by atoms with Gasteiger partial charge in [-0.1, -0.05) is 67.3 Å². The highest BCUT2D eigenvalue weighted by Gasteiger charge is 2.17. The van der Waals surface area contributed by atoms with E-state index in [4.69, 9.17) is 4.42 Å². The molecular weight excluding hydrogens is 392 g/mol. The molecule has 8 heteroatoms. The van der Waals surface area contributed by atoms with Crippen molar-refractivity contribution in [3.63, 3.8) is 0 Å². The number of carbonyl (C=O) groups is 1. The molecule has 1 N–H and O–H groups in total. The molecular formula is C20H24N4O2S2. The molecule has 0 atom stereocenters. The Morgan fingerprint density at radius 3 is 2.71 bits per heavy atom. The Kier molecular flexibility index (Phi) is 7.50. The second-order valence-electron chi connectivity index (χ2n) is 6.75. The number of rotatable bonds is 10. The van der Waals surface area contributed by atoms with E-state index in [0.717, 1.165) is 27.3 Å². The zero-order valence-corrected chi connectivity index (χ0v) is 17.6. The van der Waals surface area contributed by atoms with Crippen LogP contribution in [0, 0.1) is 5.92 Å². The van der Waals surface area contributed by atoms with Gasteiger partial charge in [0.2, 0.25) is 11.0 Å². The van der Waals surface area contributed by atoms with E-state index in [9.17, 15) is 4.79 Å². The van der Waals surface area contributed by atoms with Crippen LogP contribution in [0.3, 0.4) is 0 Å². The van der Waals surface area contributed by atoms with Crippen molar-refractivity contribution in [2.75, 3.05) is 17.6 Å². The number of anilines is 1. The average Bonchev–Trinajstić information content (AvgIpc) is 3.36. The van der Waals surface area contributed by atoms with Gasteiger partial charge in [-0.3, -0.25) is 4.79 Å². The van der Waals surface area contributed by atoms with Gasteiger partial charge in [0, 0.05) is 13.1 Å². The fourth-order valence-electron chi connectivity index (χ4n) is 2.47. The summed E-state index contributed by atoms with van der Waals surface area (Å²) in [4.78, 5) is 14.7. The number of nitrogens with zero attached hydrogens (tertiary/aromatic N) is 3. The fraction of sp³-hybridized carbons (Fsp3) is 0.350. The number of furan rings is 1. The smallest absolute Gasteiger partial charge is 0.233 e. The molecule has 0 aliphatic carbocycles. The largest absolute Gasteiger partial charge is 0.467 e. The van der Waals surface area contributed by atoms with Crippen molar-refractivity contribution in [1.29, 1.82) is 0 Å². The molecule has 0 fully saturated rings. The summed E-state index contributed by atoms with van der Waals surface area (Å²) in [6, 6.07) is 13.7. The summed E-state index contributed by atoms with van der Waals surface area (Å²) >= 11 is 2.90. The number of nitrogens with one attached hydrogen (secondary N) is 1. The van der Waals surface area contributed by atoms with E-state index in [-0.39, 0.29) is 5.91 Å². The van der Waals surface area contributed by atoms with E-state index in [0.29, 0.717) is 24.8 Å². The maximum Gasteiger partial charge on any atom is 0.233 e. The lowest BCUT2D eigenvalue weighted by molar-refractivity contribution is -0.129. The van der Waals surface area contributed by atoms with Crippen LogP contribution in [0.25, 0.3) is 0 Å². The Morgan fingerprint density at radius 2 is 2.00 bits per heavy atom. The van der Waals surface area contributed by atoms with Crippen molar-refractivity contribution < 1.29 is 9.21 Å². The third-order valence-corrected chi connectivity index (χ3v) is 5.88. The molecule has 2 aromatic heterocycles. The van der Waals surface area contributed by atoms with Crippen molar-refractivity contribution in [3.8, 4) is 0 Å². The number of hydrogen-bond donors (Lipinski definition) is 1. The van der Waals surface area contributed by atoms with Gasteiger partial charge in [-0.25, -0.2) is 0 Å². The van der Waals surface area contributed by atoms with Crippen LogP contribution in [-0.4, -0.2) is 33.3 Å². The van der Waals surface area contributed by atoms with Gasteiger partial charge < -0.3 is 14.6 Å². The van der Waals surface area contributed by atoms with Crippen LogP contribution in [-0.2, 0) is 17.9 Å². The Morgan fingerprint density at radius 1 is 1.18 bits per heavy atom. The first-order valence-corrected chi connectivity index (χ1v) is 10.9. The number of carbonyl (C=O) groups excluding carboxylic acids is 1. The molecule has 0 unspecified atom stereocenters. The highest BCUT2D eigenvalue weighted by atomic mass is 32.2. The highest BCUT2D eigenvalue weighted by Crippen LogP contribution is 2.26. The summed E-state index contributed by atoms with van der Waals surface area (Å²) in [7, 11) is 0. The van der Waals surface area contributed by atoms with Gasteiger partial charge in [0.1, 0.15) is 5.76 Å². The molecule has 0 spiro atoms. The molecule has 0 radical (unpaired) electrons. The van der Waals surface area contributed by atoms with E-state index in [2.05, 4.69) is 29.4 Å². The normalized spacial score (nSPS) is 11.0. The standard InChI is InChI=1S/C20H24N4O2S2/c1-15(2)11-21-19-22-23-20(28-19)27-14-18(25)24(13-17-9-6-10-26-17)12-16-7-4-3-5-8-16/h3-10,15H,11-14H2,1-2H3,(H,21,22). The minimum Gasteiger partial charge on any atom is -0.467 e. The predicted molar refractivity (Wildman–Crippen MR) is 113 cm³/mol. The van der Waals surface area contributed by atoms with Gasteiger partial charge in [0.15, 0.2) is 4.34 Å². The molecule has 28 heavy (non-hydrogen) atoms. The second kappa shape index (κ2) is 10.3.